The van der Waals surface area contributed by atoms with Crippen molar-refractivity contribution in [1.82, 2.24) is 0 Å². The van der Waals surface area contributed by atoms with Crippen molar-refractivity contribution in [1.29, 1.82) is 0 Å². The molecule has 2 fully saturated rings. The third kappa shape index (κ3) is 4.49. The molecule has 0 N–H and O–H groups in total. The van der Waals surface area contributed by atoms with E-state index in [-0.39, 0.29) is 5.91 Å². The van der Waals surface area contributed by atoms with Crippen molar-refractivity contribution in [3.05, 3.63) is 78.4 Å². The molecular weight excluding hydrogens is 472 g/mol. The summed E-state index contributed by atoms with van der Waals surface area (Å²) in [5.41, 5.74) is 2.02. The molecule has 37 heavy (non-hydrogen) atoms. The van der Waals surface area contributed by atoms with Crippen molar-refractivity contribution < 1.29 is 28.6 Å². The first-order valence-corrected chi connectivity index (χ1v) is 12.4. The van der Waals surface area contributed by atoms with Gasteiger partial charge in [0, 0.05) is 0 Å². The van der Waals surface area contributed by atoms with E-state index >= 15 is 0 Å². The maximum atomic E-state index is 13.8. The highest BCUT2D eigenvalue weighted by Gasteiger charge is 2.60. The molecule has 192 valence electrons. The predicted molar refractivity (Wildman–Crippen MR) is 139 cm³/mol. The summed E-state index contributed by atoms with van der Waals surface area (Å²) in [4.78, 5) is 34.8. The van der Waals surface area contributed by atoms with Crippen molar-refractivity contribution in [3.8, 4) is 17.2 Å². The van der Waals surface area contributed by atoms with Crippen LogP contribution in [0, 0.1) is 5.92 Å². The molecule has 3 aromatic carbocycles. The van der Waals surface area contributed by atoms with Gasteiger partial charge >= 0.3 is 0 Å². The highest BCUT2D eigenvalue weighted by Crippen LogP contribution is 2.48. The second-order valence-electron chi connectivity index (χ2n) is 8.98. The number of hydrogen-bond donors (Lipinski definition) is 0. The molecule has 2 heterocycles. The molecule has 5 rings (SSSR count). The second-order valence-corrected chi connectivity index (χ2v) is 8.98. The molecule has 2 aliphatic rings. The number of anilines is 2. The van der Waals surface area contributed by atoms with Gasteiger partial charge in [-0.15, -0.1) is 0 Å². The zero-order chi connectivity index (χ0) is 25.9. The van der Waals surface area contributed by atoms with Gasteiger partial charge in [0.05, 0.1) is 38.2 Å². The number of fused-ring (bicyclic) bond motifs is 1. The topological polar surface area (TPSA) is 77.5 Å². The number of methoxy groups -OCH3 is 2. The Labute approximate surface area is 216 Å². The maximum absolute atomic E-state index is 13.8. The Balaban J connectivity index is 1.53. The number of para-hydroxylation sites is 1. The van der Waals surface area contributed by atoms with Gasteiger partial charge < -0.3 is 14.2 Å². The number of benzene rings is 3. The fraction of sp³-hybridized carbons (Fsp3) is 0.310. The molecule has 0 spiro atoms. The number of unbranched alkanes of at least 4 members (excludes halogenated alkanes) is 1. The van der Waals surface area contributed by atoms with Gasteiger partial charge in [0.25, 0.3) is 5.91 Å². The van der Waals surface area contributed by atoms with Gasteiger partial charge in [-0.1, -0.05) is 37.6 Å². The van der Waals surface area contributed by atoms with E-state index in [0.29, 0.717) is 29.5 Å². The van der Waals surface area contributed by atoms with Gasteiger partial charge in [-0.25, -0.2) is 9.96 Å². The van der Waals surface area contributed by atoms with Crippen LogP contribution in [0.3, 0.4) is 0 Å². The van der Waals surface area contributed by atoms with E-state index in [2.05, 4.69) is 6.92 Å². The summed E-state index contributed by atoms with van der Waals surface area (Å²) in [5, 5.41) is 1.67. The third-order valence-corrected chi connectivity index (χ3v) is 6.74. The fourth-order valence-electron chi connectivity index (χ4n) is 4.85. The van der Waals surface area contributed by atoms with Crippen molar-refractivity contribution in [2.45, 2.75) is 31.9 Å². The first-order chi connectivity index (χ1) is 18.1. The first kappa shape index (κ1) is 24.6. The number of hydroxylamine groups is 1. The summed E-state index contributed by atoms with van der Waals surface area (Å²) in [6.45, 7) is 2.69. The van der Waals surface area contributed by atoms with Crippen LogP contribution in [-0.4, -0.2) is 38.7 Å². The number of nitrogens with zero attached hydrogens (tertiary/aromatic N) is 2. The predicted octanol–water partition coefficient (Wildman–Crippen LogP) is 4.93. The average molecular weight is 503 g/mol. The Hall–Kier alpha value is -4.04. The number of imide groups is 1. The fourth-order valence-corrected chi connectivity index (χ4v) is 4.85. The Morgan fingerprint density at radius 1 is 0.838 bits per heavy atom. The minimum atomic E-state index is -0.953. The largest absolute Gasteiger partial charge is 0.497 e. The highest BCUT2D eigenvalue weighted by molar-refractivity contribution is 6.23. The van der Waals surface area contributed by atoms with Gasteiger partial charge in [0.2, 0.25) is 5.91 Å². The summed E-state index contributed by atoms with van der Waals surface area (Å²) in [6.07, 6.45) is 1.01. The average Bonchev–Trinajstić information content (AvgIpc) is 3.45. The molecule has 0 aliphatic carbocycles. The number of hydrogen-bond acceptors (Lipinski definition) is 7. The van der Waals surface area contributed by atoms with E-state index in [1.54, 1.807) is 43.5 Å². The van der Waals surface area contributed by atoms with Crippen LogP contribution in [0.4, 0.5) is 11.4 Å². The van der Waals surface area contributed by atoms with Crippen LogP contribution in [0.2, 0.25) is 0 Å². The van der Waals surface area contributed by atoms with Crippen LogP contribution in [0.15, 0.2) is 72.8 Å². The van der Waals surface area contributed by atoms with E-state index in [9.17, 15) is 9.59 Å². The van der Waals surface area contributed by atoms with E-state index in [1.165, 1.54) is 4.90 Å². The minimum absolute atomic E-state index is 0.314. The molecule has 2 aliphatic heterocycles. The highest BCUT2D eigenvalue weighted by atomic mass is 16.7. The number of ether oxygens (including phenoxy) is 3. The smallest absolute Gasteiger partial charge is 0.266 e. The normalized spacial score (nSPS) is 20.8. The Morgan fingerprint density at radius 2 is 1.59 bits per heavy atom. The molecule has 3 aromatic rings. The molecule has 0 unspecified atom stereocenters. The molecular formula is C29H30N2O6. The Bertz CT molecular complexity index is 1260. The van der Waals surface area contributed by atoms with E-state index in [4.69, 9.17) is 19.0 Å². The molecule has 8 heteroatoms. The zero-order valence-corrected chi connectivity index (χ0v) is 21.1. The van der Waals surface area contributed by atoms with E-state index in [1.807, 2.05) is 48.5 Å². The molecule has 8 nitrogen and oxygen atoms in total. The first-order valence-electron chi connectivity index (χ1n) is 12.4. The van der Waals surface area contributed by atoms with Gasteiger partial charge in [0.1, 0.15) is 11.7 Å². The van der Waals surface area contributed by atoms with Crippen molar-refractivity contribution in [2.24, 2.45) is 5.92 Å². The van der Waals surface area contributed by atoms with Crippen LogP contribution in [0.5, 0.6) is 17.2 Å². The second kappa shape index (κ2) is 10.5. The monoisotopic (exact) mass is 502 g/mol. The quantitative estimate of drug-likeness (QED) is 0.303. The molecule has 0 saturated carbocycles. The van der Waals surface area contributed by atoms with Crippen LogP contribution >= 0.6 is 0 Å². The lowest BCUT2D eigenvalue weighted by atomic mass is 9.90. The summed E-state index contributed by atoms with van der Waals surface area (Å²) >= 11 is 0. The lowest BCUT2D eigenvalue weighted by Crippen LogP contribution is -2.37. The van der Waals surface area contributed by atoms with Gasteiger partial charge in [-0.05, 0) is 60.5 Å². The zero-order valence-electron chi connectivity index (χ0n) is 21.1. The molecule has 2 saturated heterocycles. The standard InChI is InChI=1S/C29H30N2O6/c1-4-5-17-36-23-16-11-19(18-24(23)35-3)26-25-27(37-31(26)21-9-7-6-8-10-21)29(33)30(28(25)32)20-12-14-22(34-2)15-13-20/h6-16,18,25-27H,4-5,17H2,1-3H3/t25-,26-,27-/m0/s1. The molecule has 2 amide bonds. The molecule has 0 aromatic heterocycles. The molecule has 0 radical (unpaired) electrons. The SMILES string of the molecule is CCCCOc1ccc([C@H]2[C@@H]3C(=O)N(c4ccc(OC)cc4)C(=O)[C@H]3ON2c2ccccc2)cc1OC. The van der Waals surface area contributed by atoms with Crippen LogP contribution in [-0.2, 0) is 14.4 Å². The maximum Gasteiger partial charge on any atom is 0.266 e. The molecule has 3 atom stereocenters. The van der Waals surface area contributed by atoms with Gasteiger partial charge in [-0.3, -0.25) is 14.4 Å². The number of rotatable bonds is 9. The van der Waals surface area contributed by atoms with E-state index in [0.717, 1.165) is 24.1 Å². The lowest BCUT2D eigenvalue weighted by molar-refractivity contribution is -0.126. The summed E-state index contributed by atoms with van der Waals surface area (Å²) in [5.74, 6) is 0.386. The summed E-state index contributed by atoms with van der Waals surface area (Å²) < 4.78 is 16.8. The van der Waals surface area contributed by atoms with Crippen LogP contribution < -0.4 is 24.2 Å². The lowest BCUT2D eigenvalue weighted by Gasteiger charge is -2.29. The van der Waals surface area contributed by atoms with Crippen LogP contribution in [0.25, 0.3) is 0 Å². The third-order valence-electron chi connectivity index (χ3n) is 6.74. The van der Waals surface area contributed by atoms with Crippen molar-refractivity contribution in [3.63, 3.8) is 0 Å². The minimum Gasteiger partial charge on any atom is -0.497 e. The summed E-state index contributed by atoms with van der Waals surface area (Å²) in [6, 6.07) is 21.4. The number of carbonyl (C=O) groups excluding carboxylic acids is 2. The number of amides is 2. The van der Waals surface area contributed by atoms with E-state index < -0.39 is 24.0 Å². The number of carbonyl (C=O) groups is 2. The Morgan fingerprint density at radius 3 is 2.27 bits per heavy atom. The van der Waals surface area contributed by atoms with Gasteiger partial charge in [-0.2, -0.15) is 0 Å². The van der Waals surface area contributed by atoms with Crippen molar-refractivity contribution >= 4 is 23.2 Å². The molecule has 0 bridgehead atoms. The Kier molecular flexibility index (Phi) is 7.01. The van der Waals surface area contributed by atoms with Crippen molar-refractivity contribution in [2.75, 3.05) is 30.8 Å². The summed E-state index contributed by atoms with van der Waals surface area (Å²) in [7, 11) is 3.15. The van der Waals surface area contributed by atoms with Gasteiger partial charge in [0.15, 0.2) is 17.6 Å². The van der Waals surface area contributed by atoms with Crippen LogP contribution in [0.1, 0.15) is 31.4 Å².